The van der Waals surface area contributed by atoms with Gasteiger partial charge in [-0.3, -0.25) is 19.2 Å². The molecule has 7 atom stereocenters. The van der Waals surface area contributed by atoms with Crippen LogP contribution in [0.1, 0.15) is 82.6 Å². The fourth-order valence-electron chi connectivity index (χ4n) is 6.97. The lowest BCUT2D eigenvalue weighted by Gasteiger charge is -2.39. The average Bonchev–Trinajstić information content (AvgIpc) is 3.64. The van der Waals surface area contributed by atoms with E-state index in [4.69, 9.17) is 15.2 Å². The van der Waals surface area contributed by atoms with Crippen LogP contribution in [0.2, 0.25) is 0 Å². The van der Waals surface area contributed by atoms with Crippen LogP contribution in [-0.2, 0) is 35.1 Å². The summed E-state index contributed by atoms with van der Waals surface area (Å²) < 4.78 is 11.7. The van der Waals surface area contributed by atoms with E-state index < -0.39 is 42.0 Å². The maximum Gasteiger partial charge on any atom is 0.326 e. The molecule has 0 saturated carbocycles. The molecule has 5 N–H and O–H groups in total. The monoisotopic (exact) mass is 753 g/mol. The van der Waals surface area contributed by atoms with Crippen LogP contribution >= 0.6 is 0 Å². The third-order valence-corrected chi connectivity index (χ3v) is 10.2. The van der Waals surface area contributed by atoms with Crippen molar-refractivity contribution in [3.8, 4) is 0 Å². The molecule has 0 aromatic heterocycles. The molecular weight excluding hydrogens is 690 g/mol. The van der Waals surface area contributed by atoms with Crippen molar-refractivity contribution in [1.29, 1.82) is 0 Å². The quantitative estimate of drug-likeness (QED) is 0.160. The van der Waals surface area contributed by atoms with Gasteiger partial charge in [0.1, 0.15) is 6.04 Å². The first-order chi connectivity index (χ1) is 25.6. The summed E-state index contributed by atoms with van der Waals surface area (Å²) in [7, 11) is 6.70. The summed E-state index contributed by atoms with van der Waals surface area (Å²) in [5, 5.41) is 15.4. The maximum absolute atomic E-state index is 13.8. The second-order valence-corrected chi connectivity index (χ2v) is 14.5. The lowest BCUT2D eigenvalue weighted by Crippen LogP contribution is -2.54. The van der Waals surface area contributed by atoms with Crippen LogP contribution in [-0.4, -0.2) is 110 Å². The molecule has 1 aliphatic rings. The van der Waals surface area contributed by atoms with Gasteiger partial charge in [0, 0.05) is 59.0 Å². The van der Waals surface area contributed by atoms with E-state index in [0.717, 1.165) is 24.1 Å². The van der Waals surface area contributed by atoms with Crippen LogP contribution in [0.15, 0.2) is 54.6 Å². The van der Waals surface area contributed by atoms with Gasteiger partial charge in [0.2, 0.25) is 23.6 Å². The first-order valence-electron chi connectivity index (χ1n) is 18.8. The molecule has 13 heteroatoms. The molecule has 0 spiro atoms. The fraction of sp³-hybridized carbons (Fsp3) is 0.585. The first kappa shape index (κ1) is 45.7. The third kappa shape index (κ3) is 13.4. The summed E-state index contributed by atoms with van der Waals surface area (Å²) in [5.74, 6) is -2.41. The van der Waals surface area contributed by atoms with E-state index in [1.807, 2.05) is 51.2 Å². The molecule has 1 aliphatic heterocycles. The third-order valence-electron chi connectivity index (χ3n) is 10.2. The number of likely N-dealkylation sites (N-methyl/N-ethyl adjacent to an activating group) is 1. The number of ether oxygens (including phenoxy) is 2. The number of carbonyl (C=O) groups is 5. The number of nitrogens with one attached hydrogen (secondary N) is 2. The molecule has 0 bridgehead atoms. The van der Waals surface area contributed by atoms with Crippen molar-refractivity contribution in [3.63, 3.8) is 0 Å². The van der Waals surface area contributed by atoms with Crippen LogP contribution in [0, 0.1) is 17.8 Å². The first-order valence-corrected chi connectivity index (χ1v) is 18.8. The van der Waals surface area contributed by atoms with Gasteiger partial charge < -0.3 is 40.7 Å². The van der Waals surface area contributed by atoms with Crippen molar-refractivity contribution < 1.29 is 38.6 Å². The number of carbonyl (C=O) groups excluding carboxylic acids is 4. The number of hydrogen-bond donors (Lipinski definition) is 4. The average molecular weight is 754 g/mol. The molecule has 0 aliphatic carbocycles. The van der Waals surface area contributed by atoms with Crippen LogP contribution in [0.4, 0.5) is 5.69 Å². The zero-order chi connectivity index (χ0) is 40.5. The maximum atomic E-state index is 13.8. The number of anilines is 1. The number of hydrogen-bond acceptors (Lipinski definition) is 8. The van der Waals surface area contributed by atoms with Gasteiger partial charge in [-0.05, 0) is 54.5 Å². The van der Waals surface area contributed by atoms with Gasteiger partial charge in [-0.15, -0.1) is 0 Å². The second kappa shape index (κ2) is 22.7. The Morgan fingerprint density at radius 1 is 0.963 bits per heavy atom. The summed E-state index contributed by atoms with van der Waals surface area (Å²) >= 11 is 0. The van der Waals surface area contributed by atoms with E-state index in [1.54, 1.807) is 55.1 Å². The molecule has 0 radical (unpaired) electrons. The van der Waals surface area contributed by atoms with Gasteiger partial charge in [0.15, 0.2) is 0 Å². The minimum atomic E-state index is -1.12. The van der Waals surface area contributed by atoms with Crippen molar-refractivity contribution in [2.75, 3.05) is 40.2 Å². The minimum Gasteiger partial charge on any atom is -0.480 e. The second-order valence-electron chi connectivity index (χ2n) is 14.5. The van der Waals surface area contributed by atoms with Crippen LogP contribution in [0.25, 0.3) is 0 Å². The van der Waals surface area contributed by atoms with Crippen molar-refractivity contribution in [3.05, 3.63) is 65.7 Å². The lowest BCUT2D eigenvalue weighted by molar-refractivity contribution is -0.147. The van der Waals surface area contributed by atoms with E-state index in [2.05, 4.69) is 24.5 Å². The van der Waals surface area contributed by atoms with Gasteiger partial charge >= 0.3 is 5.97 Å². The zero-order valence-electron chi connectivity index (χ0n) is 33.5. The summed E-state index contributed by atoms with van der Waals surface area (Å²) in [6.45, 7) is 10.4. The van der Waals surface area contributed by atoms with Crippen molar-refractivity contribution in [2.24, 2.45) is 23.5 Å². The molecule has 7 unspecified atom stereocenters. The summed E-state index contributed by atoms with van der Waals surface area (Å²) in [6.07, 6.45) is 1.79. The smallest absolute Gasteiger partial charge is 0.326 e. The Kier molecular flexibility index (Phi) is 19.2. The zero-order valence-corrected chi connectivity index (χ0v) is 33.5. The number of amides is 4. The summed E-state index contributed by atoms with van der Waals surface area (Å²) in [4.78, 5) is 66.2. The summed E-state index contributed by atoms with van der Waals surface area (Å²) in [6, 6.07) is 14.4. The number of nitrogens with two attached hydrogens (primary N) is 1. The standard InChI is InChI=1S/C33H53N3O7.C8H10N2O/c1-9-22(4)30(35(6)28(37)18-21(2)3)27(42-7)20-29(38)36-17-13-16-26(36)31(43-8)23(5)32(39)34-25(33(40)41)19-24-14-11-10-12-15-24;1-10-7-4-2-6(3-5-7)8(9)11/h10-12,14-15,21-23,25-27,30-31H,9,13,16-20H2,1-8H3,(H,34,39)(H,40,41);2-5,10H,1H3,(H2,9,11). The topological polar surface area (TPSA) is 181 Å². The van der Waals surface area contributed by atoms with Gasteiger partial charge in [-0.2, -0.15) is 0 Å². The number of primary amides is 1. The summed E-state index contributed by atoms with van der Waals surface area (Å²) in [5.41, 5.74) is 7.35. The Morgan fingerprint density at radius 2 is 1.59 bits per heavy atom. The number of carboxylic acid groups (broad SMARTS) is 1. The molecule has 1 fully saturated rings. The highest BCUT2D eigenvalue weighted by Crippen LogP contribution is 2.29. The molecule has 2 aromatic carbocycles. The Hall–Kier alpha value is -4.49. The fourth-order valence-corrected chi connectivity index (χ4v) is 6.97. The molecule has 4 amide bonds. The van der Waals surface area contributed by atoms with E-state index >= 15 is 0 Å². The molecule has 1 heterocycles. The number of methoxy groups -OCH3 is 2. The van der Waals surface area contributed by atoms with Gasteiger partial charge in [-0.25, -0.2) is 4.79 Å². The number of benzene rings is 2. The Labute approximate surface area is 321 Å². The normalized spacial score (nSPS) is 17.2. The minimum absolute atomic E-state index is 0.0278. The molecule has 1 saturated heterocycles. The van der Waals surface area contributed by atoms with E-state index in [0.29, 0.717) is 24.9 Å². The largest absolute Gasteiger partial charge is 0.480 e. The predicted octanol–water partition coefficient (Wildman–Crippen LogP) is 4.59. The molecule has 3 rings (SSSR count). The van der Waals surface area contributed by atoms with Crippen LogP contribution < -0.4 is 16.4 Å². The highest BCUT2D eigenvalue weighted by molar-refractivity contribution is 5.93. The highest BCUT2D eigenvalue weighted by Gasteiger charge is 2.42. The number of carboxylic acids is 1. The molecule has 54 heavy (non-hydrogen) atoms. The van der Waals surface area contributed by atoms with E-state index in [9.17, 15) is 29.1 Å². The van der Waals surface area contributed by atoms with Crippen LogP contribution in [0.3, 0.4) is 0 Å². The van der Waals surface area contributed by atoms with Gasteiger partial charge in [0.25, 0.3) is 0 Å². The Morgan fingerprint density at radius 3 is 2.09 bits per heavy atom. The van der Waals surface area contributed by atoms with E-state index in [-0.39, 0.29) is 48.6 Å². The van der Waals surface area contributed by atoms with Crippen molar-refractivity contribution in [1.82, 2.24) is 15.1 Å². The molecule has 2 aromatic rings. The van der Waals surface area contributed by atoms with E-state index in [1.165, 1.54) is 7.11 Å². The number of nitrogens with zero attached hydrogens (tertiary/aromatic N) is 2. The van der Waals surface area contributed by atoms with Gasteiger partial charge in [-0.1, -0.05) is 71.4 Å². The molecule has 13 nitrogen and oxygen atoms in total. The van der Waals surface area contributed by atoms with Crippen molar-refractivity contribution >= 4 is 35.3 Å². The number of aliphatic carboxylic acids is 1. The van der Waals surface area contributed by atoms with Crippen molar-refractivity contribution in [2.45, 2.75) is 103 Å². The molecule has 300 valence electrons. The van der Waals surface area contributed by atoms with Gasteiger partial charge in [0.05, 0.1) is 36.6 Å². The lowest BCUT2D eigenvalue weighted by atomic mass is 9.90. The Balaban J connectivity index is 0.000000780. The highest BCUT2D eigenvalue weighted by atomic mass is 16.5. The predicted molar refractivity (Wildman–Crippen MR) is 210 cm³/mol. The number of rotatable bonds is 19. The SMILES string of the molecule is CCC(C)C(C(CC(=O)N1CCCC1C(OC)C(C)C(=O)NC(Cc1ccccc1)C(=O)O)OC)N(C)C(=O)CC(C)C.CNc1ccc(C(N)=O)cc1. The number of likely N-dealkylation sites (tertiary alicyclic amines) is 1. The van der Waals surface area contributed by atoms with Crippen LogP contribution in [0.5, 0.6) is 0 Å². The Bertz CT molecular complexity index is 1490. The molecular formula is C41H63N5O8.